The molecule has 170 valence electrons. The lowest BCUT2D eigenvalue weighted by molar-refractivity contribution is 0.0616. The van der Waals surface area contributed by atoms with Crippen LogP contribution < -0.4 is 4.74 Å². The molecule has 1 amide bonds. The average molecular weight is 458 g/mol. The molecule has 0 radical (unpaired) electrons. The second-order valence-corrected chi connectivity index (χ2v) is 8.41. The molecule has 1 aliphatic heterocycles. The van der Waals surface area contributed by atoms with Crippen LogP contribution in [0.3, 0.4) is 0 Å². The summed E-state index contributed by atoms with van der Waals surface area (Å²) in [5, 5.41) is 9.20. The fourth-order valence-electron chi connectivity index (χ4n) is 3.79. The Labute approximate surface area is 192 Å². The molecule has 0 atom stereocenters. The molecule has 3 heterocycles. The van der Waals surface area contributed by atoms with Gasteiger partial charge in [-0.05, 0) is 45.0 Å². The molecule has 0 bridgehead atoms. The van der Waals surface area contributed by atoms with Gasteiger partial charge in [0.25, 0.3) is 5.91 Å². The van der Waals surface area contributed by atoms with E-state index >= 15 is 0 Å². The number of halogens is 1. The Morgan fingerprint density at radius 2 is 1.88 bits per heavy atom. The van der Waals surface area contributed by atoms with E-state index in [0.717, 1.165) is 31.9 Å². The van der Waals surface area contributed by atoms with Gasteiger partial charge in [0.15, 0.2) is 5.69 Å². The van der Waals surface area contributed by atoms with E-state index in [1.807, 2.05) is 16.5 Å². The predicted octanol–water partition coefficient (Wildman–Crippen LogP) is 3.70. The first-order valence-electron chi connectivity index (χ1n) is 10.8. The highest BCUT2D eigenvalue weighted by Gasteiger charge is 2.28. The highest BCUT2D eigenvalue weighted by molar-refractivity contribution is 6.30. The molecule has 0 N–H and O–H groups in total. The van der Waals surface area contributed by atoms with Gasteiger partial charge in [-0.3, -0.25) is 14.4 Å². The van der Waals surface area contributed by atoms with E-state index in [-0.39, 0.29) is 12.5 Å². The summed E-state index contributed by atoms with van der Waals surface area (Å²) in [5.41, 5.74) is 3.30. The van der Waals surface area contributed by atoms with Crippen molar-refractivity contribution in [2.75, 3.05) is 26.2 Å². The summed E-state index contributed by atoms with van der Waals surface area (Å²) in [6.07, 6.45) is 2.11. The van der Waals surface area contributed by atoms with Crippen LogP contribution in [0.1, 0.15) is 40.0 Å². The van der Waals surface area contributed by atoms with Crippen molar-refractivity contribution in [1.29, 1.82) is 0 Å². The van der Waals surface area contributed by atoms with Crippen LogP contribution in [0.25, 0.3) is 0 Å². The number of aryl methyl sites for hydroxylation is 3. The molecular weight excluding hydrogens is 430 g/mol. The van der Waals surface area contributed by atoms with Crippen LogP contribution in [0.5, 0.6) is 5.75 Å². The summed E-state index contributed by atoms with van der Waals surface area (Å²) < 4.78 is 13.1. The molecule has 4 rings (SSSR count). The van der Waals surface area contributed by atoms with Gasteiger partial charge in [0.05, 0.1) is 11.3 Å². The van der Waals surface area contributed by atoms with Gasteiger partial charge in [0, 0.05) is 56.1 Å². The molecule has 1 fully saturated rings. The largest absolute Gasteiger partial charge is 0.489 e. The Morgan fingerprint density at radius 1 is 1.16 bits per heavy atom. The number of piperazine rings is 1. The number of hydrogen-bond donors (Lipinski definition) is 0. The maximum absolute atomic E-state index is 13.1. The van der Waals surface area contributed by atoms with Gasteiger partial charge < -0.3 is 14.2 Å². The third kappa shape index (κ3) is 4.97. The second kappa shape index (κ2) is 9.75. The van der Waals surface area contributed by atoms with Gasteiger partial charge in [-0.15, -0.1) is 0 Å². The summed E-state index contributed by atoms with van der Waals surface area (Å²) in [4.78, 5) is 17.3. The van der Waals surface area contributed by atoms with Crippen molar-refractivity contribution in [3.8, 4) is 5.75 Å². The lowest BCUT2D eigenvalue weighted by Crippen LogP contribution is -2.48. The van der Waals surface area contributed by atoms with Gasteiger partial charge >= 0.3 is 0 Å². The van der Waals surface area contributed by atoms with Crippen LogP contribution in [0.2, 0.25) is 5.02 Å². The number of rotatable bonds is 7. The van der Waals surface area contributed by atoms with Gasteiger partial charge in [0.1, 0.15) is 18.1 Å². The summed E-state index contributed by atoms with van der Waals surface area (Å²) >= 11 is 5.92. The molecule has 0 unspecified atom stereocenters. The molecule has 0 spiro atoms. The maximum atomic E-state index is 13.1. The molecule has 1 aromatic carbocycles. The standard InChI is InChI=1S/C23H28ClN5O3/c1-4-29-14-18(16(2)25-29)13-27-9-11-28(12-10-27)23(30)22-21(17(3)32-26-22)15-31-20-7-5-19(24)6-8-20/h5-8,14H,4,9-13,15H2,1-3H3. The number of nitrogens with zero attached hydrogens (tertiary/aromatic N) is 5. The number of carbonyl (C=O) groups is 1. The minimum absolute atomic E-state index is 0.119. The van der Waals surface area contributed by atoms with E-state index in [0.29, 0.717) is 40.9 Å². The van der Waals surface area contributed by atoms with Crippen molar-refractivity contribution in [1.82, 2.24) is 24.7 Å². The van der Waals surface area contributed by atoms with Crippen LogP contribution >= 0.6 is 11.6 Å². The maximum Gasteiger partial charge on any atom is 0.276 e. The van der Waals surface area contributed by atoms with Crippen molar-refractivity contribution in [3.63, 3.8) is 0 Å². The van der Waals surface area contributed by atoms with E-state index in [4.69, 9.17) is 20.9 Å². The zero-order valence-electron chi connectivity index (χ0n) is 18.7. The first kappa shape index (κ1) is 22.4. The van der Waals surface area contributed by atoms with Crippen molar-refractivity contribution in [2.24, 2.45) is 0 Å². The summed E-state index contributed by atoms with van der Waals surface area (Å²) in [6.45, 7) is 10.7. The fraction of sp³-hybridized carbons (Fsp3) is 0.435. The van der Waals surface area contributed by atoms with Crippen molar-refractivity contribution >= 4 is 17.5 Å². The lowest BCUT2D eigenvalue weighted by atomic mass is 10.1. The molecule has 0 aliphatic carbocycles. The van der Waals surface area contributed by atoms with Gasteiger partial charge in [0.2, 0.25) is 0 Å². The smallest absolute Gasteiger partial charge is 0.276 e. The number of aromatic nitrogens is 3. The number of ether oxygens (including phenoxy) is 1. The number of amides is 1. The van der Waals surface area contributed by atoms with Crippen LogP contribution in [-0.2, 0) is 19.7 Å². The van der Waals surface area contributed by atoms with Gasteiger partial charge in [-0.25, -0.2) is 0 Å². The summed E-state index contributed by atoms with van der Waals surface area (Å²) in [5.74, 6) is 1.14. The van der Waals surface area contributed by atoms with E-state index in [2.05, 4.69) is 28.3 Å². The number of benzene rings is 1. The highest BCUT2D eigenvalue weighted by Crippen LogP contribution is 2.21. The zero-order valence-corrected chi connectivity index (χ0v) is 19.4. The van der Waals surface area contributed by atoms with E-state index in [9.17, 15) is 4.79 Å². The Kier molecular flexibility index (Phi) is 6.81. The molecule has 8 nitrogen and oxygen atoms in total. The zero-order chi connectivity index (χ0) is 22.7. The lowest BCUT2D eigenvalue weighted by Gasteiger charge is -2.34. The fourth-order valence-corrected chi connectivity index (χ4v) is 3.92. The van der Waals surface area contributed by atoms with Crippen LogP contribution in [0, 0.1) is 13.8 Å². The Bertz CT molecular complexity index is 1070. The SMILES string of the molecule is CCn1cc(CN2CCN(C(=O)c3noc(C)c3COc3ccc(Cl)cc3)CC2)c(C)n1. The highest BCUT2D eigenvalue weighted by atomic mass is 35.5. The molecule has 1 saturated heterocycles. The summed E-state index contributed by atoms with van der Waals surface area (Å²) in [7, 11) is 0. The predicted molar refractivity (Wildman–Crippen MR) is 121 cm³/mol. The second-order valence-electron chi connectivity index (χ2n) is 7.97. The first-order valence-corrected chi connectivity index (χ1v) is 11.2. The third-order valence-corrected chi connectivity index (χ3v) is 6.06. The molecular formula is C23H28ClN5O3. The van der Waals surface area contributed by atoms with Crippen LogP contribution in [-0.4, -0.2) is 56.8 Å². The molecule has 9 heteroatoms. The quantitative estimate of drug-likeness (QED) is 0.538. The Hall–Kier alpha value is -2.84. The Morgan fingerprint density at radius 3 is 2.53 bits per heavy atom. The van der Waals surface area contributed by atoms with E-state index in [1.54, 1.807) is 31.2 Å². The van der Waals surface area contributed by atoms with Crippen molar-refractivity contribution < 1.29 is 14.1 Å². The first-order chi connectivity index (χ1) is 15.4. The van der Waals surface area contributed by atoms with Crippen molar-refractivity contribution in [2.45, 2.75) is 40.5 Å². The van der Waals surface area contributed by atoms with E-state index in [1.165, 1.54) is 5.56 Å². The van der Waals surface area contributed by atoms with Crippen LogP contribution in [0.15, 0.2) is 35.0 Å². The average Bonchev–Trinajstić information content (AvgIpc) is 3.35. The third-order valence-electron chi connectivity index (χ3n) is 5.81. The van der Waals surface area contributed by atoms with Gasteiger partial charge in [-0.2, -0.15) is 5.10 Å². The molecule has 3 aromatic rings. The molecule has 2 aromatic heterocycles. The minimum Gasteiger partial charge on any atom is -0.489 e. The Balaban J connectivity index is 1.36. The normalized spacial score (nSPS) is 14.7. The van der Waals surface area contributed by atoms with Gasteiger partial charge in [-0.1, -0.05) is 16.8 Å². The molecule has 1 aliphatic rings. The van der Waals surface area contributed by atoms with E-state index < -0.39 is 0 Å². The number of hydrogen-bond acceptors (Lipinski definition) is 6. The summed E-state index contributed by atoms with van der Waals surface area (Å²) in [6, 6.07) is 7.10. The minimum atomic E-state index is -0.119. The molecule has 0 saturated carbocycles. The topological polar surface area (TPSA) is 76.6 Å². The van der Waals surface area contributed by atoms with Crippen LogP contribution in [0.4, 0.5) is 0 Å². The molecule has 32 heavy (non-hydrogen) atoms. The monoisotopic (exact) mass is 457 g/mol. The number of carbonyl (C=O) groups excluding carboxylic acids is 1. The van der Waals surface area contributed by atoms with Crippen molar-refractivity contribution in [3.05, 3.63) is 63.8 Å².